The summed E-state index contributed by atoms with van der Waals surface area (Å²) in [6.07, 6.45) is 1.28. The van der Waals surface area contributed by atoms with Crippen LogP contribution in [0.5, 0.6) is 5.75 Å². The minimum atomic E-state index is -1.54. The highest BCUT2D eigenvalue weighted by Crippen LogP contribution is 2.58. The highest BCUT2D eigenvalue weighted by Gasteiger charge is 2.66. The fourth-order valence-corrected chi connectivity index (χ4v) is 8.43. The molecule has 0 saturated carbocycles. The number of hydrogen-bond acceptors (Lipinski definition) is 7. The number of ether oxygens (including phenoxy) is 2. The summed E-state index contributed by atoms with van der Waals surface area (Å²) in [6.45, 7) is 9.40. The van der Waals surface area contributed by atoms with E-state index in [9.17, 15) is 24.6 Å². The Morgan fingerprint density at radius 2 is 1.79 bits per heavy atom. The highest BCUT2D eigenvalue weighted by atomic mass is 16.5. The van der Waals surface area contributed by atoms with Crippen LogP contribution in [0.15, 0.2) is 79.4 Å². The number of carbonyl (C=O) groups is 3. The number of para-hydroxylation sites is 2. The van der Waals surface area contributed by atoms with Gasteiger partial charge in [0.2, 0.25) is 5.91 Å². The predicted molar refractivity (Wildman–Crippen MR) is 180 cm³/mol. The van der Waals surface area contributed by atoms with E-state index in [4.69, 9.17) is 9.47 Å². The van der Waals surface area contributed by atoms with Crippen LogP contribution in [0.1, 0.15) is 43.9 Å². The van der Waals surface area contributed by atoms with Gasteiger partial charge in [0.1, 0.15) is 5.75 Å². The van der Waals surface area contributed by atoms with Crippen molar-refractivity contribution >= 4 is 34.8 Å². The van der Waals surface area contributed by atoms with E-state index < -0.39 is 35.2 Å². The molecule has 0 radical (unpaired) electrons. The lowest BCUT2D eigenvalue weighted by molar-refractivity contribution is -0.151. The van der Waals surface area contributed by atoms with Gasteiger partial charge in [-0.2, -0.15) is 0 Å². The smallest absolute Gasteiger partial charge is 0.269 e. The van der Waals surface area contributed by atoms with Crippen LogP contribution in [0, 0.1) is 11.8 Å². The molecule has 0 unspecified atom stereocenters. The number of hydrogen-bond donors (Lipinski definition) is 2. The van der Waals surface area contributed by atoms with Crippen molar-refractivity contribution in [3.8, 4) is 5.75 Å². The largest absolute Gasteiger partial charge is 0.482 e. The molecule has 2 N–H and O–H groups in total. The quantitative estimate of drug-likeness (QED) is 0.367. The molecule has 0 aliphatic carbocycles. The number of fused-ring (bicyclic) bond motifs is 4. The molecule has 1 fully saturated rings. The number of amides is 3. The SMILES string of the molecule is C=CCN1C(=O)[C@]2(O[C@H](CC(=O)N3Cc4ccccc4C[C@H]3CO)[C@@H](C(C)(C)O)[C@@H]2C)c2cc(N3C(=O)COc4ccccc43)ccc21. The van der Waals surface area contributed by atoms with Crippen molar-refractivity contribution in [3.63, 3.8) is 0 Å². The molecular formula is C38H41N3O7. The van der Waals surface area contributed by atoms with E-state index in [1.54, 1.807) is 46.8 Å². The van der Waals surface area contributed by atoms with E-state index in [-0.39, 0.29) is 43.9 Å². The first-order valence-corrected chi connectivity index (χ1v) is 16.5. The number of nitrogens with zero attached hydrogens (tertiary/aromatic N) is 3. The maximum atomic E-state index is 14.6. The van der Waals surface area contributed by atoms with Gasteiger partial charge in [0, 0.05) is 36.2 Å². The van der Waals surface area contributed by atoms with Crippen LogP contribution in [0.2, 0.25) is 0 Å². The van der Waals surface area contributed by atoms with Crippen LogP contribution in [0.4, 0.5) is 17.1 Å². The molecule has 0 aromatic heterocycles. The summed E-state index contributed by atoms with van der Waals surface area (Å²) in [5.74, 6) is -1.37. The van der Waals surface area contributed by atoms with E-state index in [1.807, 2.05) is 61.5 Å². The Labute approximate surface area is 280 Å². The van der Waals surface area contributed by atoms with Gasteiger partial charge < -0.3 is 29.5 Å². The molecule has 5 atom stereocenters. The van der Waals surface area contributed by atoms with Gasteiger partial charge in [-0.3, -0.25) is 19.3 Å². The first kappa shape index (κ1) is 32.1. The second-order valence-corrected chi connectivity index (χ2v) is 13.8. The molecule has 10 nitrogen and oxygen atoms in total. The van der Waals surface area contributed by atoms with Crippen LogP contribution in [-0.2, 0) is 37.7 Å². The van der Waals surface area contributed by atoms with Crippen molar-refractivity contribution in [1.82, 2.24) is 4.90 Å². The van der Waals surface area contributed by atoms with Gasteiger partial charge in [0.25, 0.3) is 11.8 Å². The third kappa shape index (κ3) is 4.93. The van der Waals surface area contributed by atoms with Crippen LogP contribution in [0.25, 0.3) is 0 Å². The van der Waals surface area contributed by atoms with Crippen molar-refractivity contribution in [2.24, 2.45) is 11.8 Å². The van der Waals surface area contributed by atoms with Crippen molar-refractivity contribution in [3.05, 3.63) is 96.1 Å². The van der Waals surface area contributed by atoms with Gasteiger partial charge >= 0.3 is 0 Å². The Kier molecular flexibility index (Phi) is 7.93. The molecule has 48 heavy (non-hydrogen) atoms. The summed E-state index contributed by atoms with van der Waals surface area (Å²) in [5.41, 5.74) is 1.61. The zero-order chi connectivity index (χ0) is 34.0. The molecule has 1 saturated heterocycles. The highest BCUT2D eigenvalue weighted by molar-refractivity contribution is 6.10. The van der Waals surface area contributed by atoms with E-state index >= 15 is 0 Å². The molecule has 4 aliphatic heterocycles. The zero-order valence-electron chi connectivity index (χ0n) is 27.5. The maximum Gasteiger partial charge on any atom is 0.269 e. The molecule has 250 valence electrons. The van der Waals surface area contributed by atoms with Gasteiger partial charge in [-0.1, -0.05) is 49.4 Å². The molecule has 4 heterocycles. The first-order valence-electron chi connectivity index (χ1n) is 16.5. The third-order valence-electron chi connectivity index (χ3n) is 10.5. The molecular weight excluding hydrogens is 610 g/mol. The van der Waals surface area contributed by atoms with Crippen LogP contribution < -0.4 is 14.5 Å². The fraction of sp³-hybridized carbons (Fsp3) is 0.395. The molecule has 1 spiro atoms. The summed E-state index contributed by atoms with van der Waals surface area (Å²) < 4.78 is 12.6. The number of anilines is 3. The molecule has 4 aliphatic rings. The minimum absolute atomic E-state index is 0.0848. The Hall–Kier alpha value is -4.51. The number of benzene rings is 3. The molecule has 3 aromatic carbocycles. The molecule has 0 bridgehead atoms. The van der Waals surface area contributed by atoms with Crippen LogP contribution in [0.3, 0.4) is 0 Å². The van der Waals surface area contributed by atoms with E-state index in [0.717, 1.165) is 11.1 Å². The van der Waals surface area contributed by atoms with Crippen molar-refractivity contribution in [2.45, 2.75) is 63.5 Å². The second-order valence-electron chi connectivity index (χ2n) is 13.8. The Morgan fingerprint density at radius 3 is 2.52 bits per heavy atom. The van der Waals surface area contributed by atoms with Crippen molar-refractivity contribution < 1.29 is 34.1 Å². The maximum absolute atomic E-state index is 14.6. The molecule has 3 aromatic rings. The average molecular weight is 652 g/mol. The van der Waals surface area contributed by atoms with Gasteiger partial charge in [-0.15, -0.1) is 6.58 Å². The lowest BCUT2D eigenvalue weighted by atomic mass is 9.70. The molecule has 3 amide bonds. The van der Waals surface area contributed by atoms with Crippen molar-refractivity contribution in [1.29, 1.82) is 0 Å². The van der Waals surface area contributed by atoms with E-state index in [1.165, 1.54) is 0 Å². The number of aliphatic hydroxyl groups is 2. The summed E-state index contributed by atoms with van der Waals surface area (Å²) in [4.78, 5) is 46.9. The van der Waals surface area contributed by atoms with E-state index in [0.29, 0.717) is 41.3 Å². The van der Waals surface area contributed by atoms with Gasteiger partial charge in [0.05, 0.1) is 42.1 Å². The number of carbonyl (C=O) groups excluding carboxylic acids is 3. The Morgan fingerprint density at radius 1 is 1.06 bits per heavy atom. The first-order chi connectivity index (χ1) is 23.0. The third-order valence-corrected chi connectivity index (χ3v) is 10.5. The Bertz CT molecular complexity index is 1800. The number of rotatable bonds is 7. The fourth-order valence-electron chi connectivity index (χ4n) is 8.43. The Balaban J connectivity index is 1.29. The summed E-state index contributed by atoms with van der Waals surface area (Å²) >= 11 is 0. The summed E-state index contributed by atoms with van der Waals surface area (Å²) in [6, 6.07) is 20.2. The lowest BCUT2D eigenvalue weighted by Gasteiger charge is -2.38. The summed E-state index contributed by atoms with van der Waals surface area (Å²) in [7, 11) is 0. The monoisotopic (exact) mass is 651 g/mol. The number of aliphatic hydroxyl groups excluding tert-OH is 1. The second kappa shape index (κ2) is 11.9. The molecule has 7 rings (SSSR count). The van der Waals surface area contributed by atoms with Gasteiger partial charge in [0.15, 0.2) is 12.2 Å². The topological polar surface area (TPSA) is 120 Å². The predicted octanol–water partition coefficient (Wildman–Crippen LogP) is 4.23. The van der Waals surface area contributed by atoms with Gasteiger partial charge in [-0.25, -0.2) is 0 Å². The zero-order valence-corrected chi connectivity index (χ0v) is 27.5. The van der Waals surface area contributed by atoms with Crippen molar-refractivity contribution in [2.75, 3.05) is 29.6 Å². The van der Waals surface area contributed by atoms with Crippen LogP contribution in [-0.4, -0.2) is 70.3 Å². The average Bonchev–Trinajstić information content (AvgIpc) is 3.49. The molecule has 10 heteroatoms. The lowest BCUT2D eigenvalue weighted by Crippen LogP contribution is -2.48. The standard InChI is InChI=1S/C38H41N3O7/c1-5-16-39-29-15-14-26(41-30-12-8-9-13-31(30)47-22-34(41)44)18-28(29)38(36(39)45)23(2)35(37(3,4)46)32(48-38)19-33(43)40-20-25-11-7-6-10-24(25)17-27(40)21-42/h5-15,18,23,27,32,35,42,46H,1,16-17,19-22H2,2-4H3/t23-,27-,32+,35-,38+/m0/s1. The van der Waals surface area contributed by atoms with Gasteiger partial charge in [-0.05, 0) is 61.7 Å². The normalized spacial score (nSPS) is 26.3. The minimum Gasteiger partial charge on any atom is -0.482 e. The van der Waals surface area contributed by atoms with E-state index in [2.05, 4.69) is 6.58 Å². The summed E-state index contributed by atoms with van der Waals surface area (Å²) in [5, 5.41) is 21.9. The van der Waals surface area contributed by atoms with Crippen LogP contribution >= 0.6 is 0 Å².